The fourth-order valence-corrected chi connectivity index (χ4v) is 2.85. The smallest absolute Gasteiger partial charge is 0.231 e. The predicted molar refractivity (Wildman–Crippen MR) is 100 cm³/mol. The maximum atomic E-state index is 5.82. The zero-order valence-electron chi connectivity index (χ0n) is 14.5. The van der Waals surface area contributed by atoms with E-state index < -0.39 is 0 Å². The van der Waals surface area contributed by atoms with Gasteiger partial charge in [0.1, 0.15) is 12.4 Å². The first-order valence-corrected chi connectivity index (χ1v) is 8.72. The fourth-order valence-electron chi connectivity index (χ4n) is 2.85. The van der Waals surface area contributed by atoms with Crippen LogP contribution in [-0.4, -0.2) is 6.79 Å². The standard InChI is InChI=1S/C22H21NO3/c1-2-4-18(5-3-1)15-24-20-9-6-17(7-10-20)13-23-14-19-8-11-21-22(12-19)26-16-25-21/h1-12,23H,13-16H2. The Morgan fingerprint density at radius 2 is 1.46 bits per heavy atom. The molecule has 0 spiro atoms. The average Bonchev–Trinajstić information content (AvgIpc) is 3.16. The molecule has 0 amide bonds. The summed E-state index contributed by atoms with van der Waals surface area (Å²) in [5.41, 5.74) is 3.57. The second kappa shape index (κ2) is 7.93. The Hall–Kier alpha value is -2.98. The van der Waals surface area contributed by atoms with Gasteiger partial charge < -0.3 is 19.5 Å². The molecule has 132 valence electrons. The number of fused-ring (bicyclic) bond motifs is 1. The lowest BCUT2D eigenvalue weighted by Gasteiger charge is -2.09. The highest BCUT2D eigenvalue weighted by molar-refractivity contribution is 5.44. The molecule has 0 aromatic heterocycles. The van der Waals surface area contributed by atoms with Crippen molar-refractivity contribution in [1.82, 2.24) is 5.32 Å². The van der Waals surface area contributed by atoms with Gasteiger partial charge in [-0.25, -0.2) is 0 Å². The van der Waals surface area contributed by atoms with Gasteiger partial charge in [0.25, 0.3) is 0 Å². The SMILES string of the molecule is c1ccc(COc2ccc(CNCc3ccc4c(c3)OCO4)cc2)cc1. The van der Waals surface area contributed by atoms with E-state index in [0.29, 0.717) is 13.4 Å². The average molecular weight is 347 g/mol. The van der Waals surface area contributed by atoms with Gasteiger partial charge in [-0.15, -0.1) is 0 Å². The number of ether oxygens (including phenoxy) is 3. The molecule has 0 atom stereocenters. The Labute approximate surface area is 153 Å². The minimum atomic E-state index is 0.310. The zero-order chi connectivity index (χ0) is 17.6. The van der Waals surface area contributed by atoms with E-state index in [0.717, 1.165) is 30.3 Å². The van der Waals surface area contributed by atoms with E-state index in [-0.39, 0.29) is 0 Å². The van der Waals surface area contributed by atoms with E-state index in [4.69, 9.17) is 14.2 Å². The topological polar surface area (TPSA) is 39.7 Å². The molecule has 0 radical (unpaired) electrons. The Morgan fingerprint density at radius 3 is 2.31 bits per heavy atom. The molecule has 3 aromatic carbocycles. The largest absolute Gasteiger partial charge is 0.489 e. The van der Waals surface area contributed by atoms with Crippen molar-refractivity contribution in [1.29, 1.82) is 0 Å². The molecule has 0 fully saturated rings. The van der Waals surface area contributed by atoms with E-state index in [1.807, 2.05) is 42.5 Å². The van der Waals surface area contributed by atoms with Crippen molar-refractivity contribution >= 4 is 0 Å². The summed E-state index contributed by atoms with van der Waals surface area (Å²) in [6.45, 7) is 2.48. The van der Waals surface area contributed by atoms with Gasteiger partial charge in [-0.05, 0) is 41.0 Å². The molecule has 4 heteroatoms. The molecule has 4 nitrogen and oxygen atoms in total. The summed E-state index contributed by atoms with van der Waals surface area (Å²) >= 11 is 0. The molecule has 0 saturated heterocycles. The first-order valence-electron chi connectivity index (χ1n) is 8.72. The quantitative estimate of drug-likeness (QED) is 0.692. The first-order chi connectivity index (χ1) is 12.9. The summed E-state index contributed by atoms with van der Waals surface area (Å²) in [7, 11) is 0. The molecule has 0 saturated carbocycles. The van der Waals surface area contributed by atoms with Gasteiger partial charge >= 0.3 is 0 Å². The van der Waals surface area contributed by atoms with Crippen molar-refractivity contribution in [2.45, 2.75) is 19.7 Å². The summed E-state index contributed by atoms with van der Waals surface area (Å²) in [5.74, 6) is 2.53. The van der Waals surface area contributed by atoms with E-state index >= 15 is 0 Å². The third kappa shape index (κ3) is 4.16. The molecule has 0 aliphatic carbocycles. The highest BCUT2D eigenvalue weighted by atomic mass is 16.7. The molecule has 1 aliphatic rings. The third-order valence-electron chi connectivity index (χ3n) is 4.27. The zero-order valence-corrected chi connectivity index (χ0v) is 14.5. The van der Waals surface area contributed by atoms with E-state index in [1.165, 1.54) is 16.7 Å². The molecule has 1 aliphatic heterocycles. The third-order valence-corrected chi connectivity index (χ3v) is 4.27. The van der Waals surface area contributed by atoms with E-state index in [9.17, 15) is 0 Å². The maximum absolute atomic E-state index is 5.82. The van der Waals surface area contributed by atoms with Crippen LogP contribution in [0.2, 0.25) is 0 Å². The number of benzene rings is 3. The second-order valence-corrected chi connectivity index (χ2v) is 6.21. The van der Waals surface area contributed by atoms with Gasteiger partial charge in [0, 0.05) is 13.1 Å². The van der Waals surface area contributed by atoms with Crippen LogP contribution in [0.25, 0.3) is 0 Å². The number of hydrogen-bond donors (Lipinski definition) is 1. The normalized spacial score (nSPS) is 12.2. The molecule has 0 bridgehead atoms. The van der Waals surface area contributed by atoms with Crippen LogP contribution in [0.15, 0.2) is 72.8 Å². The molecular formula is C22H21NO3. The summed E-state index contributed by atoms with van der Waals surface area (Å²) < 4.78 is 16.6. The number of rotatable bonds is 7. The van der Waals surface area contributed by atoms with E-state index in [1.54, 1.807) is 0 Å². The van der Waals surface area contributed by atoms with Gasteiger partial charge in [0.15, 0.2) is 11.5 Å². The molecule has 0 unspecified atom stereocenters. The van der Waals surface area contributed by atoms with Crippen molar-refractivity contribution in [3.8, 4) is 17.2 Å². The summed E-state index contributed by atoms with van der Waals surface area (Å²) in [6, 6.07) is 24.4. The highest BCUT2D eigenvalue weighted by Crippen LogP contribution is 2.32. The lowest BCUT2D eigenvalue weighted by Crippen LogP contribution is -2.12. The maximum Gasteiger partial charge on any atom is 0.231 e. The first kappa shape index (κ1) is 16.5. The van der Waals surface area contributed by atoms with Crippen LogP contribution in [-0.2, 0) is 19.7 Å². The van der Waals surface area contributed by atoms with Crippen LogP contribution < -0.4 is 19.5 Å². The summed E-state index contributed by atoms with van der Waals surface area (Å²) in [4.78, 5) is 0. The van der Waals surface area contributed by atoms with Crippen LogP contribution in [0, 0.1) is 0 Å². The second-order valence-electron chi connectivity index (χ2n) is 6.21. The van der Waals surface area contributed by atoms with Crippen LogP contribution in [0.4, 0.5) is 0 Å². The Balaban J connectivity index is 1.25. The van der Waals surface area contributed by atoms with Crippen LogP contribution in [0.1, 0.15) is 16.7 Å². The monoisotopic (exact) mass is 347 g/mol. The van der Waals surface area contributed by atoms with Crippen molar-refractivity contribution < 1.29 is 14.2 Å². The minimum absolute atomic E-state index is 0.310. The fraction of sp³-hybridized carbons (Fsp3) is 0.182. The van der Waals surface area contributed by atoms with Gasteiger partial charge in [-0.1, -0.05) is 48.5 Å². The van der Waals surface area contributed by atoms with Crippen molar-refractivity contribution in [3.05, 3.63) is 89.5 Å². The molecule has 3 aromatic rings. The molecular weight excluding hydrogens is 326 g/mol. The van der Waals surface area contributed by atoms with Crippen molar-refractivity contribution in [2.75, 3.05) is 6.79 Å². The summed E-state index contributed by atoms with van der Waals surface area (Å²) in [5, 5.41) is 3.45. The molecule has 1 heterocycles. The Morgan fingerprint density at radius 1 is 0.731 bits per heavy atom. The van der Waals surface area contributed by atoms with Crippen LogP contribution in [0.3, 0.4) is 0 Å². The lowest BCUT2D eigenvalue weighted by atomic mass is 10.2. The molecule has 4 rings (SSSR count). The van der Waals surface area contributed by atoms with Gasteiger partial charge in [-0.2, -0.15) is 0 Å². The van der Waals surface area contributed by atoms with Gasteiger partial charge in [0.2, 0.25) is 6.79 Å². The predicted octanol–water partition coefficient (Wildman–Crippen LogP) is 4.28. The minimum Gasteiger partial charge on any atom is -0.489 e. The van der Waals surface area contributed by atoms with Crippen molar-refractivity contribution in [2.24, 2.45) is 0 Å². The Bertz CT molecular complexity index is 847. The Kier molecular flexibility index (Phi) is 5.03. The lowest BCUT2D eigenvalue weighted by molar-refractivity contribution is 0.174. The number of hydrogen-bond acceptors (Lipinski definition) is 4. The molecule has 26 heavy (non-hydrogen) atoms. The molecule has 1 N–H and O–H groups in total. The highest BCUT2D eigenvalue weighted by Gasteiger charge is 2.12. The van der Waals surface area contributed by atoms with Gasteiger partial charge in [0.05, 0.1) is 0 Å². The van der Waals surface area contributed by atoms with E-state index in [2.05, 4.69) is 35.6 Å². The summed E-state index contributed by atoms with van der Waals surface area (Å²) in [6.07, 6.45) is 0. The van der Waals surface area contributed by atoms with Crippen molar-refractivity contribution in [3.63, 3.8) is 0 Å². The van der Waals surface area contributed by atoms with Crippen LogP contribution >= 0.6 is 0 Å². The van der Waals surface area contributed by atoms with Crippen LogP contribution in [0.5, 0.6) is 17.2 Å². The van der Waals surface area contributed by atoms with Gasteiger partial charge in [-0.3, -0.25) is 0 Å². The number of nitrogens with one attached hydrogen (secondary N) is 1.